The molecule has 0 atom stereocenters. The predicted molar refractivity (Wildman–Crippen MR) is 50.0 cm³/mol. The minimum Gasteiger partial charge on any atom is -0.281 e. The van der Waals surface area contributed by atoms with Gasteiger partial charge in [-0.3, -0.25) is 5.32 Å². The third kappa shape index (κ3) is 2.38. The molecule has 0 bridgehead atoms. The normalized spacial score (nSPS) is 11.3. The maximum Gasteiger partial charge on any atom is 0.342 e. The van der Waals surface area contributed by atoms with Crippen molar-refractivity contribution in [1.29, 1.82) is 0 Å². The average molecular weight is 215 g/mol. The molecule has 0 aliphatic heterocycles. The van der Waals surface area contributed by atoms with Crippen molar-refractivity contribution in [1.82, 2.24) is 0 Å². The first-order valence-corrected chi connectivity index (χ1v) is 5.46. The molecule has 1 aromatic rings. The highest BCUT2D eigenvalue weighted by Gasteiger charge is 2.10. The van der Waals surface area contributed by atoms with Crippen molar-refractivity contribution < 1.29 is 18.5 Å². The summed E-state index contributed by atoms with van der Waals surface area (Å²) < 4.78 is 21.7. The number of primary amides is 1. The monoisotopic (exact) mass is 215 g/mol. The topological polar surface area (TPSA) is 93.8 Å². The Hall–Kier alpha value is -1.24. The summed E-state index contributed by atoms with van der Waals surface area (Å²) in [5.41, 5.74) is 0.444. The van der Waals surface area contributed by atoms with E-state index in [0.717, 1.165) is 0 Å². The lowest BCUT2D eigenvalue weighted by atomic mass is 10.2. The van der Waals surface area contributed by atoms with E-state index in [1.165, 1.54) is 29.6 Å². The lowest BCUT2D eigenvalue weighted by Gasteiger charge is -1.98. The largest absolute Gasteiger partial charge is 0.342 e. The Labute approximate surface area is 82.0 Å². The number of hydrogen-bond acceptors (Lipinski definition) is 3. The Bertz CT molecular complexity index is 436. The molecule has 4 N–H and O–H groups in total. The van der Waals surface area contributed by atoms with E-state index in [1.54, 1.807) is 7.05 Å². The van der Waals surface area contributed by atoms with E-state index in [2.05, 4.69) is 0 Å². The van der Waals surface area contributed by atoms with Gasteiger partial charge in [-0.05, 0) is 24.3 Å². The van der Waals surface area contributed by atoms with Gasteiger partial charge in [0.15, 0.2) is 0 Å². The van der Waals surface area contributed by atoms with E-state index in [0.29, 0.717) is 5.56 Å². The first-order chi connectivity index (χ1) is 6.45. The second kappa shape index (κ2) is 3.87. The SMILES string of the molecule is C[NH2+]C(=O)c1ccc(S(N)(=O)=O)cc1. The van der Waals surface area contributed by atoms with Crippen LogP contribution >= 0.6 is 0 Å². The van der Waals surface area contributed by atoms with Crippen LogP contribution in [0.4, 0.5) is 0 Å². The fourth-order valence-corrected chi connectivity index (χ4v) is 1.49. The molecule has 14 heavy (non-hydrogen) atoms. The number of amides is 1. The van der Waals surface area contributed by atoms with Gasteiger partial charge < -0.3 is 0 Å². The molecular weight excluding hydrogens is 204 g/mol. The van der Waals surface area contributed by atoms with Crippen molar-refractivity contribution in [3.8, 4) is 0 Å². The summed E-state index contributed by atoms with van der Waals surface area (Å²) in [6, 6.07) is 5.49. The van der Waals surface area contributed by atoms with E-state index in [1.807, 2.05) is 0 Å². The van der Waals surface area contributed by atoms with Crippen molar-refractivity contribution in [2.24, 2.45) is 5.14 Å². The first kappa shape index (κ1) is 10.8. The van der Waals surface area contributed by atoms with Gasteiger partial charge in [0, 0.05) is 0 Å². The summed E-state index contributed by atoms with van der Waals surface area (Å²) in [6.45, 7) is 0. The molecule has 0 unspecified atom stereocenters. The maximum absolute atomic E-state index is 11.1. The minimum atomic E-state index is -3.67. The number of carbonyl (C=O) groups excluding carboxylic acids is 1. The van der Waals surface area contributed by atoms with Gasteiger partial charge in [0.1, 0.15) is 0 Å². The molecule has 6 heteroatoms. The highest BCUT2D eigenvalue weighted by atomic mass is 32.2. The fraction of sp³-hybridized carbons (Fsp3) is 0.125. The Morgan fingerprint density at radius 3 is 2.14 bits per heavy atom. The van der Waals surface area contributed by atoms with Gasteiger partial charge >= 0.3 is 5.91 Å². The van der Waals surface area contributed by atoms with Crippen molar-refractivity contribution in [2.75, 3.05) is 7.05 Å². The second-order valence-corrected chi connectivity index (χ2v) is 4.28. The molecule has 1 rings (SSSR count). The Balaban J connectivity index is 3.07. The van der Waals surface area contributed by atoms with E-state index >= 15 is 0 Å². The van der Waals surface area contributed by atoms with Crippen LogP contribution in [0.15, 0.2) is 29.2 Å². The molecule has 5 nitrogen and oxygen atoms in total. The molecule has 0 aliphatic rings. The quantitative estimate of drug-likeness (QED) is 0.639. The van der Waals surface area contributed by atoms with Crippen LogP contribution in [0.1, 0.15) is 10.4 Å². The van der Waals surface area contributed by atoms with Gasteiger partial charge in [0.2, 0.25) is 10.0 Å². The van der Waals surface area contributed by atoms with Gasteiger partial charge in [-0.2, -0.15) is 0 Å². The van der Waals surface area contributed by atoms with E-state index in [-0.39, 0.29) is 10.8 Å². The van der Waals surface area contributed by atoms with E-state index in [9.17, 15) is 13.2 Å². The molecule has 1 amide bonds. The van der Waals surface area contributed by atoms with Crippen LogP contribution in [-0.2, 0) is 10.0 Å². The second-order valence-electron chi connectivity index (χ2n) is 2.72. The Kier molecular flexibility index (Phi) is 3.00. The predicted octanol–water partition coefficient (Wildman–Crippen LogP) is -1.33. The zero-order valence-electron chi connectivity index (χ0n) is 7.60. The summed E-state index contributed by atoms with van der Waals surface area (Å²) in [5, 5.41) is 6.30. The molecule has 0 heterocycles. The molecule has 0 spiro atoms. The summed E-state index contributed by atoms with van der Waals surface area (Å²) in [6.07, 6.45) is 0. The zero-order valence-corrected chi connectivity index (χ0v) is 8.41. The van der Waals surface area contributed by atoms with Gasteiger partial charge in [-0.25, -0.2) is 18.4 Å². The average Bonchev–Trinajstić information content (AvgIpc) is 2.15. The number of sulfonamides is 1. The third-order valence-electron chi connectivity index (χ3n) is 1.73. The fourth-order valence-electron chi connectivity index (χ4n) is 0.976. The van der Waals surface area contributed by atoms with Crippen molar-refractivity contribution >= 4 is 15.9 Å². The lowest BCUT2D eigenvalue weighted by molar-refractivity contribution is -0.523. The molecule has 0 fully saturated rings. The van der Waals surface area contributed by atoms with Crippen molar-refractivity contribution in [2.45, 2.75) is 4.90 Å². The van der Waals surface area contributed by atoms with Crippen LogP contribution in [0.25, 0.3) is 0 Å². The number of nitrogens with two attached hydrogens (primary N) is 2. The van der Waals surface area contributed by atoms with Crippen LogP contribution in [0.2, 0.25) is 0 Å². The molecular formula is C8H11N2O3S+. The Morgan fingerprint density at radius 1 is 1.29 bits per heavy atom. The Morgan fingerprint density at radius 2 is 1.79 bits per heavy atom. The standard InChI is InChI=1S/C8H10N2O3S/c1-10-8(11)6-2-4-7(5-3-6)14(9,12)13/h2-5H,1H3,(H,10,11)(H2,9,12,13)/p+1. The van der Waals surface area contributed by atoms with Crippen LogP contribution in [0, 0.1) is 0 Å². The summed E-state index contributed by atoms with van der Waals surface area (Å²) in [7, 11) is -2.05. The third-order valence-corrected chi connectivity index (χ3v) is 2.66. The van der Waals surface area contributed by atoms with Crippen molar-refractivity contribution in [3.05, 3.63) is 29.8 Å². The number of benzene rings is 1. The zero-order chi connectivity index (χ0) is 10.8. The number of hydrogen-bond donors (Lipinski definition) is 2. The van der Waals surface area contributed by atoms with Gasteiger partial charge in [-0.1, -0.05) is 0 Å². The van der Waals surface area contributed by atoms with Gasteiger partial charge in [0.05, 0.1) is 17.5 Å². The molecule has 76 valence electrons. The lowest BCUT2D eigenvalue weighted by Crippen LogP contribution is -2.83. The molecule has 1 aromatic carbocycles. The van der Waals surface area contributed by atoms with Crippen LogP contribution in [-0.4, -0.2) is 21.4 Å². The van der Waals surface area contributed by atoms with E-state index < -0.39 is 10.0 Å². The van der Waals surface area contributed by atoms with Crippen LogP contribution < -0.4 is 10.5 Å². The van der Waals surface area contributed by atoms with Crippen LogP contribution in [0.3, 0.4) is 0 Å². The highest BCUT2D eigenvalue weighted by Crippen LogP contribution is 2.07. The summed E-state index contributed by atoms with van der Waals surface area (Å²) in [5.74, 6) is -0.147. The molecule has 0 saturated heterocycles. The number of quaternary nitrogens is 1. The smallest absolute Gasteiger partial charge is 0.281 e. The van der Waals surface area contributed by atoms with Gasteiger partial charge in [0.25, 0.3) is 0 Å². The number of rotatable bonds is 2. The summed E-state index contributed by atoms with van der Waals surface area (Å²) in [4.78, 5) is 11.1. The first-order valence-electron chi connectivity index (χ1n) is 3.91. The number of primary sulfonamides is 1. The molecule has 0 aromatic heterocycles. The van der Waals surface area contributed by atoms with Gasteiger partial charge in [-0.15, -0.1) is 0 Å². The minimum absolute atomic E-state index is 0.00477. The number of carbonyl (C=O) groups is 1. The van der Waals surface area contributed by atoms with Crippen LogP contribution in [0.5, 0.6) is 0 Å². The van der Waals surface area contributed by atoms with E-state index in [4.69, 9.17) is 5.14 Å². The molecule has 0 aliphatic carbocycles. The highest BCUT2D eigenvalue weighted by molar-refractivity contribution is 7.89. The molecule has 0 radical (unpaired) electrons. The maximum atomic E-state index is 11.1. The summed E-state index contributed by atoms with van der Waals surface area (Å²) >= 11 is 0. The molecule has 0 saturated carbocycles. The van der Waals surface area contributed by atoms with Crippen molar-refractivity contribution in [3.63, 3.8) is 0 Å².